The Morgan fingerprint density at radius 1 is 1.54 bits per heavy atom. The van der Waals surface area contributed by atoms with Crippen molar-refractivity contribution in [1.29, 1.82) is 0 Å². The van der Waals surface area contributed by atoms with Crippen molar-refractivity contribution in [1.82, 2.24) is 0 Å². The van der Waals surface area contributed by atoms with Crippen molar-refractivity contribution >= 4 is 6.29 Å². The highest BCUT2D eigenvalue weighted by Gasteiger charge is 2.21. The van der Waals surface area contributed by atoms with E-state index in [4.69, 9.17) is 4.74 Å². The standard InChI is InChI=1S/C11H22O2/c1-5-10(2)7-6-8-11(3,9-12)13-4/h9-10H,5-8H2,1-4H3. The monoisotopic (exact) mass is 186 g/mol. The topological polar surface area (TPSA) is 26.3 Å². The van der Waals surface area contributed by atoms with Gasteiger partial charge in [0.25, 0.3) is 0 Å². The predicted molar refractivity (Wildman–Crippen MR) is 54.8 cm³/mol. The fraction of sp³-hybridized carbons (Fsp3) is 0.909. The molecule has 0 aromatic rings. The summed E-state index contributed by atoms with van der Waals surface area (Å²) in [4.78, 5) is 10.7. The van der Waals surface area contributed by atoms with E-state index < -0.39 is 5.60 Å². The van der Waals surface area contributed by atoms with E-state index in [0.717, 1.165) is 25.0 Å². The molecule has 0 radical (unpaired) electrons. The van der Waals surface area contributed by atoms with Crippen LogP contribution < -0.4 is 0 Å². The van der Waals surface area contributed by atoms with Gasteiger partial charge in [-0.15, -0.1) is 0 Å². The van der Waals surface area contributed by atoms with Crippen LogP contribution in [0.15, 0.2) is 0 Å². The minimum Gasteiger partial charge on any atom is -0.371 e. The lowest BCUT2D eigenvalue weighted by Crippen LogP contribution is -2.28. The van der Waals surface area contributed by atoms with Crippen molar-refractivity contribution < 1.29 is 9.53 Å². The zero-order valence-corrected chi connectivity index (χ0v) is 9.30. The fourth-order valence-corrected chi connectivity index (χ4v) is 1.21. The largest absolute Gasteiger partial charge is 0.371 e. The molecule has 0 amide bonds. The number of ether oxygens (including phenoxy) is 1. The number of hydrogen-bond donors (Lipinski definition) is 0. The summed E-state index contributed by atoms with van der Waals surface area (Å²) in [5.74, 6) is 0.757. The van der Waals surface area contributed by atoms with Crippen LogP contribution in [0.2, 0.25) is 0 Å². The summed E-state index contributed by atoms with van der Waals surface area (Å²) in [6.07, 6.45) is 5.20. The Kier molecular flexibility index (Phi) is 5.97. The van der Waals surface area contributed by atoms with Gasteiger partial charge >= 0.3 is 0 Å². The van der Waals surface area contributed by atoms with Crippen molar-refractivity contribution in [3.8, 4) is 0 Å². The Morgan fingerprint density at radius 3 is 2.54 bits per heavy atom. The second kappa shape index (κ2) is 6.14. The molecule has 2 nitrogen and oxygen atoms in total. The minimum absolute atomic E-state index is 0.562. The maximum absolute atomic E-state index is 10.7. The van der Waals surface area contributed by atoms with Gasteiger partial charge in [0.2, 0.25) is 0 Å². The molecule has 0 aromatic carbocycles. The van der Waals surface area contributed by atoms with Gasteiger partial charge in [-0.25, -0.2) is 0 Å². The second-order valence-corrected chi connectivity index (χ2v) is 4.04. The first kappa shape index (κ1) is 12.6. The zero-order valence-electron chi connectivity index (χ0n) is 9.30. The smallest absolute Gasteiger partial charge is 0.151 e. The summed E-state index contributed by atoms with van der Waals surface area (Å²) in [5.41, 5.74) is -0.562. The van der Waals surface area contributed by atoms with Gasteiger partial charge in [0.05, 0.1) is 0 Å². The van der Waals surface area contributed by atoms with Crippen LogP contribution in [0.4, 0.5) is 0 Å². The lowest BCUT2D eigenvalue weighted by Gasteiger charge is -2.21. The molecule has 0 fully saturated rings. The molecule has 2 unspecified atom stereocenters. The van der Waals surface area contributed by atoms with Crippen molar-refractivity contribution in [2.45, 2.75) is 52.1 Å². The lowest BCUT2D eigenvalue weighted by atomic mass is 9.95. The highest BCUT2D eigenvalue weighted by molar-refractivity contribution is 5.61. The number of hydrogen-bond acceptors (Lipinski definition) is 2. The SMILES string of the molecule is CCC(C)CCCC(C)(C=O)OC. The van der Waals surface area contributed by atoms with E-state index in [0.29, 0.717) is 0 Å². The number of methoxy groups -OCH3 is 1. The maximum atomic E-state index is 10.7. The Labute approximate surface area is 81.7 Å². The highest BCUT2D eigenvalue weighted by atomic mass is 16.5. The van der Waals surface area contributed by atoms with E-state index in [2.05, 4.69) is 13.8 Å². The van der Waals surface area contributed by atoms with Crippen molar-refractivity contribution in [2.24, 2.45) is 5.92 Å². The molecule has 0 aromatic heterocycles. The summed E-state index contributed by atoms with van der Waals surface area (Å²) < 4.78 is 5.13. The molecule has 0 N–H and O–H groups in total. The average Bonchev–Trinajstić information content (AvgIpc) is 2.17. The molecule has 0 aliphatic rings. The molecule has 0 aliphatic heterocycles. The van der Waals surface area contributed by atoms with Crippen LogP contribution >= 0.6 is 0 Å². The van der Waals surface area contributed by atoms with Gasteiger partial charge in [-0.1, -0.05) is 26.7 Å². The fourth-order valence-electron chi connectivity index (χ4n) is 1.21. The van der Waals surface area contributed by atoms with Crippen molar-refractivity contribution in [3.05, 3.63) is 0 Å². The van der Waals surface area contributed by atoms with Crippen LogP contribution in [0.3, 0.4) is 0 Å². The molecule has 0 rings (SSSR count). The normalized spacial score (nSPS) is 17.8. The van der Waals surface area contributed by atoms with Crippen LogP contribution in [0.25, 0.3) is 0 Å². The summed E-state index contributed by atoms with van der Waals surface area (Å²) in [6.45, 7) is 6.28. The molecule has 2 heteroatoms. The molecule has 0 aliphatic carbocycles. The molecule has 78 valence electrons. The maximum Gasteiger partial charge on any atom is 0.151 e. The predicted octanol–water partition coefficient (Wildman–Crippen LogP) is 2.81. The van der Waals surface area contributed by atoms with Crippen molar-refractivity contribution in [3.63, 3.8) is 0 Å². The van der Waals surface area contributed by atoms with Crippen molar-refractivity contribution in [2.75, 3.05) is 7.11 Å². The number of aldehydes is 1. The van der Waals surface area contributed by atoms with Gasteiger partial charge in [-0.05, 0) is 25.7 Å². The van der Waals surface area contributed by atoms with Gasteiger partial charge in [0.1, 0.15) is 5.60 Å². The van der Waals surface area contributed by atoms with E-state index >= 15 is 0 Å². The summed E-state index contributed by atoms with van der Waals surface area (Å²) in [6, 6.07) is 0. The lowest BCUT2D eigenvalue weighted by molar-refractivity contribution is -0.126. The number of carbonyl (C=O) groups is 1. The molecule has 13 heavy (non-hydrogen) atoms. The highest BCUT2D eigenvalue weighted by Crippen LogP contribution is 2.18. The van der Waals surface area contributed by atoms with Crippen LogP contribution in [-0.2, 0) is 9.53 Å². The molecule has 0 saturated heterocycles. The molecule has 0 saturated carbocycles. The van der Waals surface area contributed by atoms with Crippen LogP contribution in [0.5, 0.6) is 0 Å². The first-order valence-electron chi connectivity index (χ1n) is 5.09. The molecule has 2 atom stereocenters. The number of rotatable bonds is 7. The van der Waals surface area contributed by atoms with E-state index in [1.54, 1.807) is 7.11 Å². The van der Waals surface area contributed by atoms with E-state index in [-0.39, 0.29) is 0 Å². The molecular formula is C11H22O2. The molecule has 0 spiro atoms. The van der Waals surface area contributed by atoms with Gasteiger partial charge in [0, 0.05) is 7.11 Å². The third kappa shape index (κ3) is 5.04. The first-order valence-corrected chi connectivity index (χ1v) is 5.09. The van der Waals surface area contributed by atoms with Crippen LogP contribution in [-0.4, -0.2) is 19.0 Å². The van der Waals surface area contributed by atoms with E-state index in [1.807, 2.05) is 6.92 Å². The van der Waals surface area contributed by atoms with Crippen LogP contribution in [0.1, 0.15) is 46.5 Å². The Balaban J connectivity index is 3.67. The molecular weight excluding hydrogens is 164 g/mol. The first-order chi connectivity index (χ1) is 6.08. The number of carbonyl (C=O) groups excluding carboxylic acids is 1. The van der Waals surface area contributed by atoms with Crippen LogP contribution in [0, 0.1) is 5.92 Å². The van der Waals surface area contributed by atoms with E-state index in [1.165, 1.54) is 12.8 Å². The van der Waals surface area contributed by atoms with Gasteiger partial charge in [-0.2, -0.15) is 0 Å². The molecule has 0 heterocycles. The average molecular weight is 186 g/mol. The quantitative estimate of drug-likeness (QED) is 0.571. The zero-order chi connectivity index (χ0) is 10.3. The van der Waals surface area contributed by atoms with Gasteiger partial charge < -0.3 is 9.53 Å². The second-order valence-electron chi connectivity index (χ2n) is 4.04. The molecule has 0 bridgehead atoms. The Morgan fingerprint density at radius 2 is 2.15 bits per heavy atom. The third-order valence-corrected chi connectivity index (χ3v) is 2.78. The summed E-state index contributed by atoms with van der Waals surface area (Å²) >= 11 is 0. The minimum atomic E-state index is -0.562. The third-order valence-electron chi connectivity index (χ3n) is 2.78. The van der Waals surface area contributed by atoms with Gasteiger partial charge in [-0.3, -0.25) is 0 Å². The Bertz CT molecular complexity index is 145. The van der Waals surface area contributed by atoms with Gasteiger partial charge in [0.15, 0.2) is 6.29 Å². The van der Waals surface area contributed by atoms with E-state index in [9.17, 15) is 4.79 Å². The Hall–Kier alpha value is -0.370. The summed E-state index contributed by atoms with van der Waals surface area (Å²) in [7, 11) is 1.59. The summed E-state index contributed by atoms with van der Waals surface area (Å²) in [5, 5.41) is 0.